The molecule has 4 rings (SSSR count). The number of aromatic nitrogens is 1. The Kier molecular flexibility index (Phi) is 3.07. The van der Waals surface area contributed by atoms with Gasteiger partial charge in [-0.1, -0.05) is 45.0 Å². The number of hydrogen-bond donors (Lipinski definition) is 0. The third kappa shape index (κ3) is 2.26. The molecule has 0 unspecified atom stereocenters. The lowest BCUT2D eigenvalue weighted by Gasteiger charge is -2.22. The van der Waals surface area contributed by atoms with Crippen LogP contribution in [0.3, 0.4) is 0 Å². The van der Waals surface area contributed by atoms with Crippen LogP contribution in [0.4, 0.5) is 0 Å². The van der Waals surface area contributed by atoms with Gasteiger partial charge in [0.05, 0.1) is 0 Å². The summed E-state index contributed by atoms with van der Waals surface area (Å²) in [6.07, 6.45) is 0.701. The number of nitrogens with zero attached hydrogens (tertiary/aromatic N) is 1. The molecule has 25 heavy (non-hydrogen) atoms. The molecule has 1 aliphatic rings. The van der Waals surface area contributed by atoms with E-state index >= 15 is 0 Å². The monoisotopic (exact) mass is 330 g/mol. The van der Waals surface area contributed by atoms with Gasteiger partial charge >= 0.3 is 0 Å². The summed E-state index contributed by atoms with van der Waals surface area (Å²) in [5.41, 5.74) is 9.02. The Labute approximate surface area is 153 Å². The van der Waals surface area contributed by atoms with Crippen LogP contribution in [0.2, 0.25) is 0 Å². The molecule has 1 heterocycles. The summed E-state index contributed by atoms with van der Waals surface area (Å²) in [4.78, 5) is 0. The SMILES string of the molecule is [2H]C([2H])(C)c1cccc2c1-c1cc(C)c(-c3cccc[n+]3C)cc1C2(C)C. The summed E-state index contributed by atoms with van der Waals surface area (Å²) >= 11 is 0. The van der Waals surface area contributed by atoms with Gasteiger partial charge in [-0.25, -0.2) is 4.57 Å². The summed E-state index contributed by atoms with van der Waals surface area (Å²) in [5.74, 6) is 0. The molecule has 1 heteroatoms. The first-order valence-electron chi connectivity index (χ1n) is 9.87. The highest BCUT2D eigenvalue weighted by molar-refractivity contribution is 5.86. The third-order valence-electron chi connectivity index (χ3n) is 5.65. The van der Waals surface area contributed by atoms with Crippen LogP contribution in [-0.4, -0.2) is 0 Å². The maximum atomic E-state index is 8.33. The standard InChI is InChI=1S/C24H26N/c1-6-17-10-9-11-20-23(17)19-14-16(2)18(15-21(19)24(20,3)4)22-12-7-8-13-25(22)5/h7-15H,6H2,1-5H3/q+1/i6D2. The lowest BCUT2D eigenvalue weighted by atomic mass is 9.81. The number of rotatable bonds is 2. The third-order valence-corrected chi connectivity index (χ3v) is 5.65. The number of pyridine rings is 1. The molecule has 1 nitrogen and oxygen atoms in total. The van der Waals surface area contributed by atoms with E-state index in [1.807, 2.05) is 18.2 Å². The van der Waals surface area contributed by atoms with Crippen molar-refractivity contribution in [1.82, 2.24) is 0 Å². The lowest BCUT2D eigenvalue weighted by molar-refractivity contribution is -0.660. The van der Waals surface area contributed by atoms with E-state index in [1.165, 1.54) is 33.5 Å². The van der Waals surface area contributed by atoms with Crippen molar-refractivity contribution in [3.63, 3.8) is 0 Å². The Morgan fingerprint density at radius 1 is 1.00 bits per heavy atom. The van der Waals surface area contributed by atoms with Gasteiger partial charge in [0.25, 0.3) is 0 Å². The molecule has 126 valence electrons. The van der Waals surface area contributed by atoms with E-state index in [1.54, 1.807) is 6.92 Å². The molecule has 2 aromatic carbocycles. The van der Waals surface area contributed by atoms with E-state index < -0.39 is 6.37 Å². The summed E-state index contributed by atoms with van der Waals surface area (Å²) < 4.78 is 18.8. The van der Waals surface area contributed by atoms with E-state index in [4.69, 9.17) is 2.74 Å². The quantitative estimate of drug-likeness (QED) is 0.557. The number of aryl methyl sites for hydroxylation is 3. The molecule has 0 spiro atoms. The first-order valence-corrected chi connectivity index (χ1v) is 8.87. The predicted octanol–water partition coefficient (Wildman–Crippen LogP) is 5.36. The van der Waals surface area contributed by atoms with Gasteiger partial charge in [0, 0.05) is 25.9 Å². The highest BCUT2D eigenvalue weighted by Crippen LogP contribution is 2.51. The van der Waals surface area contributed by atoms with Crippen molar-refractivity contribution in [1.29, 1.82) is 0 Å². The van der Waals surface area contributed by atoms with E-state index in [0.29, 0.717) is 0 Å². The van der Waals surface area contributed by atoms with Gasteiger partial charge in [0.15, 0.2) is 6.20 Å². The Bertz CT molecular complexity index is 1060. The molecule has 1 aliphatic carbocycles. The molecular formula is C24H26N+. The highest BCUT2D eigenvalue weighted by atomic mass is 14.9. The molecule has 0 amide bonds. The smallest absolute Gasteiger partial charge is 0.201 e. The van der Waals surface area contributed by atoms with Crippen LogP contribution in [0.25, 0.3) is 22.4 Å². The van der Waals surface area contributed by atoms with Crippen LogP contribution < -0.4 is 4.57 Å². The predicted molar refractivity (Wildman–Crippen MR) is 105 cm³/mol. The molecule has 0 N–H and O–H groups in total. The Balaban J connectivity index is 2.04. The van der Waals surface area contributed by atoms with Crippen molar-refractivity contribution < 1.29 is 7.31 Å². The van der Waals surface area contributed by atoms with E-state index in [2.05, 4.69) is 68.9 Å². The van der Waals surface area contributed by atoms with Crippen LogP contribution in [0.5, 0.6) is 0 Å². The van der Waals surface area contributed by atoms with Gasteiger partial charge in [-0.05, 0) is 58.8 Å². The Hall–Kier alpha value is -2.41. The Morgan fingerprint density at radius 2 is 1.80 bits per heavy atom. The van der Waals surface area contributed by atoms with Crippen molar-refractivity contribution in [2.24, 2.45) is 7.05 Å². The van der Waals surface area contributed by atoms with E-state index in [0.717, 1.165) is 11.1 Å². The number of fused-ring (bicyclic) bond motifs is 3. The number of hydrogen-bond acceptors (Lipinski definition) is 0. The van der Waals surface area contributed by atoms with Crippen molar-refractivity contribution in [3.05, 3.63) is 77.0 Å². The molecule has 3 aromatic rings. The van der Waals surface area contributed by atoms with Crippen LogP contribution in [0.1, 0.15) is 45.8 Å². The van der Waals surface area contributed by atoms with Crippen molar-refractivity contribution >= 4 is 0 Å². The largest absolute Gasteiger partial charge is 0.212 e. The molecule has 0 radical (unpaired) electrons. The molecule has 0 aliphatic heterocycles. The van der Waals surface area contributed by atoms with Gasteiger partial charge in [0.1, 0.15) is 7.05 Å². The maximum Gasteiger partial charge on any atom is 0.212 e. The Morgan fingerprint density at radius 3 is 2.52 bits per heavy atom. The zero-order valence-electron chi connectivity index (χ0n) is 17.6. The molecule has 0 saturated carbocycles. The van der Waals surface area contributed by atoms with Gasteiger partial charge in [-0.3, -0.25) is 0 Å². The minimum Gasteiger partial charge on any atom is -0.201 e. The second-order valence-corrected chi connectivity index (χ2v) is 7.51. The first-order chi connectivity index (χ1) is 12.6. The minimum atomic E-state index is -1.37. The van der Waals surface area contributed by atoms with Gasteiger partial charge < -0.3 is 0 Å². The maximum absolute atomic E-state index is 8.33. The van der Waals surface area contributed by atoms with Crippen LogP contribution in [0, 0.1) is 6.92 Å². The number of benzene rings is 2. The van der Waals surface area contributed by atoms with Crippen LogP contribution in [0.15, 0.2) is 54.7 Å². The second kappa shape index (κ2) is 5.56. The fourth-order valence-electron chi connectivity index (χ4n) is 4.23. The summed E-state index contributed by atoms with van der Waals surface area (Å²) in [5, 5.41) is 0. The molecule has 1 aromatic heterocycles. The summed E-state index contributed by atoms with van der Waals surface area (Å²) in [7, 11) is 2.08. The molecular weight excluding hydrogens is 302 g/mol. The lowest BCUT2D eigenvalue weighted by Crippen LogP contribution is -2.30. The first kappa shape index (κ1) is 13.8. The van der Waals surface area contributed by atoms with Crippen molar-refractivity contribution in [2.45, 2.75) is 39.5 Å². The summed E-state index contributed by atoms with van der Waals surface area (Å²) in [6, 6.07) is 16.9. The van der Waals surface area contributed by atoms with E-state index in [9.17, 15) is 0 Å². The van der Waals surface area contributed by atoms with Gasteiger partial charge in [-0.15, -0.1) is 0 Å². The highest BCUT2D eigenvalue weighted by Gasteiger charge is 2.37. The van der Waals surface area contributed by atoms with Crippen molar-refractivity contribution in [2.75, 3.05) is 0 Å². The van der Waals surface area contributed by atoms with Crippen LogP contribution in [-0.2, 0) is 18.8 Å². The fourth-order valence-corrected chi connectivity index (χ4v) is 4.23. The van der Waals surface area contributed by atoms with E-state index in [-0.39, 0.29) is 5.41 Å². The van der Waals surface area contributed by atoms with Crippen LogP contribution >= 0.6 is 0 Å². The normalized spacial score (nSPS) is 16.0. The average molecular weight is 330 g/mol. The molecule has 0 fully saturated rings. The average Bonchev–Trinajstić information content (AvgIpc) is 2.81. The zero-order chi connectivity index (χ0) is 19.6. The second-order valence-electron chi connectivity index (χ2n) is 7.51. The van der Waals surface area contributed by atoms with Crippen molar-refractivity contribution in [3.8, 4) is 22.4 Å². The zero-order valence-corrected chi connectivity index (χ0v) is 15.6. The molecule has 0 bridgehead atoms. The summed E-state index contributed by atoms with van der Waals surface area (Å²) in [6.45, 7) is 8.29. The van der Waals surface area contributed by atoms with Gasteiger partial charge in [-0.2, -0.15) is 0 Å². The minimum absolute atomic E-state index is 0.151. The van der Waals surface area contributed by atoms with Gasteiger partial charge in [0.2, 0.25) is 5.69 Å². The fraction of sp³-hybridized carbons (Fsp3) is 0.292. The topological polar surface area (TPSA) is 3.88 Å². The molecule has 0 saturated heterocycles. The molecule has 0 atom stereocenters.